The Kier molecular flexibility index (Phi) is 13.9. The second kappa shape index (κ2) is 20.0. The molecule has 0 aliphatic carbocycles. The van der Waals surface area contributed by atoms with Gasteiger partial charge in [-0.05, 0) is 148 Å². The molecule has 426 valence electrons. The minimum Gasteiger partial charge on any atom is -0.510 e. The van der Waals surface area contributed by atoms with E-state index >= 15 is 0 Å². The molecule has 9 heteroatoms. The molecule has 0 bridgehead atoms. The molecule has 0 atom stereocenters. The zero-order chi connectivity index (χ0) is 58.4. The summed E-state index contributed by atoms with van der Waals surface area (Å²) in [5.74, 6) is 5.34. The zero-order valence-corrected chi connectivity index (χ0v) is 54.0. The molecule has 0 unspecified atom stereocenters. The van der Waals surface area contributed by atoms with Crippen molar-refractivity contribution in [3.05, 3.63) is 192 Å². The Labute approximate surface area is 507 Å². The number of imidazole rings is 1. The number of rotatable bonds is 6. The average molecular weight is 1280 g/mol. The molecule has 0 saturated carbocycles. The van der Waals surface area contributed by atoms with E-state index in [2.05, 4.69) is 274 Å². The molecule has 7 aromatic carbocycles. The minimum absolute atomic E-state index is 0. The molecule has 3 aromatic heterocycles. The largest absolute Gasteiger partial charge is 0.510 e. The Morgan fingerprint density at radius 1 is 0.482 bits per heavy atom. The van der Waals surface area contributed by atoms with Crippen molar-refractivity contribution < 1.29 is 39.8 Å². The summed E-state index contributed by atoms with van der Waals surface area (Å²) in [6, 6.07) is 51.7. The number of fused-ring (bicyclic) bond motifs is 7. The van der Waals surface area contributed by atoms with E-state index in [1.165, 1.54) is 38.7 Å². The smallest absolute Gasteiger partial charge is 0.267 e. The predicted molar refractivity (Wildman–Crippen MR) is 338 cm³/mol. The van der Waals surface area contributed by atoms with Crippen LogP contribution >= 0.6 is 0 Å². The van der Waals surface area contributed by atoms with Crippen LogP contribution in [0.5, 0.6) is 34.5 Å². The van der Waals surface area contributed by atoms with Crippen molar-refractivity contribution in [1.82, 2.24) is 14.1 Å². The third kappa shape index (κ3) is 10.8. The van der Waals surface area contributed by atoms with Crippen molar-refractivity contribution >= 4 is 44.9 Å². The quantitative estimate of drug-likeness (QED) is 0.0946. The zero-order valence-electron chi connectivity index (χ0n) is 51.7. The van der Waals surface area contributed by atoms with Gasteiger partial charge >= 0.3 is 0 Å². The van der Waals surface area contributed by atoms with Crippen LogP contribution in [0.4, 0.5) is 0 Å². The fourth-order valence-corrected chi connectivity index (χ4v) is 11.5. The molecule has 0 N–H and O–H groups in total. The van der Waals surface area contributed by atoms with E-state index in [4.69, 9.17) is 19.2 Å². The van der Waals surface area contributed by atoms with Crippen LogP contribution in [0.1, 0.15) is 158 Å². The summed E-state index contributed by atoms with van der Waals surface area (Å²) in [5, 5.41) is 2.09. The number of pyridine rings is 1. The third-order valence-electron chi connectivity index (χ3n) is 16.7. The van der Waals surface area contributed by atoms with Gasteiger partial charge in [-0.25, -0.2) is 4.98 Å². The molecule has 0 spiro atoms. The number of hydrogen-bond acceptors (Lipinski definition) is 4. The maximum atomic E-state index is 6.97. The van der Waals surface area contributed by atoms with E-state index in [1.54, 1.807) is 0 Å². The monoisotopic (exact) mass is 1280 g/mol. The predicted octanol–water partition coefficient (Wildman–Crippen LogP) is 16.6. The van der Waals surface area contributed by atoms with Crippen LogP contribution in [0.25, 0.3) is 50.1 Å². The molecule has 2 aliphatic heterocycles. The number of hydrogen-bond donors (Lipinski definition) is 0. The van der Waals surface area contributed by atoms with Gasteiger partial charge in [0.2, 0.25) is 0 Å². The minimum atomic E-state index is -0.188. The maximum Gasteiger partial charge on any atom is 0.267 e. The maximum absolute atomic E-state index is 6.97. The molecule has 0 saturated heterocycles. The van der Waals surface area contributed by atoms with Gasteiger partial charge < -0.3 is 23.3 Å². The summed E-state index contributed by atoms with van der Waals surface area (Å²) in [5.41, 5.74) is 16.2. The fourth-order valence-electron chi connectivity index (χ4n) is 11.5. The van der Waals surface area contributed by atoms with Gasteiger partial charge in [-0.1, -0.05) is 173 Å². The molecule has 12 rings (SSSR count). The summed E-state index contributed by atoms with van der Waals surface area (Å²) < 4.78 is 27.2. The molecule has 7 nitrogen and oxygen atoms in total. The Balaban J connectivity index is 0.00000721. The summed E-state index contributed by atoms with van der Waals surface area (Å²) in [6.45, 7) is 40.6. The van der Waals surface area contributed by atoms with E-state index in [0.717, 1.165) is 84.1 Å². The van der Waals surface area contributed by atoms with Crippen LogP contribution in [0.3, 0.4) is 0 Å². The van der Waals surface area contributed by atoms with Gasteiger partial charge in [0, 0.05) is 62.1 Å². The van der Waals surface area contributed by atoms with Crippen molar-refractivity contribution in [3.8, 4) is 62.8 Å². The molecule has 10 aromatic rings. The summed E-state index contributed by atoms with van der Waals surface area (Å²) in [7, 11) is 0. The number of benzene rings is 7. The topological polar surface area (TPSA) is 54.3 Å². The first kappa shape index (κ1) is 57.7. The second-order valence-electron chi connectivity index (χ2n) is 29.2. The van der Waals surface area contributed by atoms with Crippen molar-refractivity contribution in [2.75, 3.05) is 0 Å². The van der Waals surface area contributed by atoms with E-state index in [-0.39, 0.29) is 60.3 Å². The van der Waals surface area contributed by atoms with Crippen LogP contribution in [0.2, 0.25) is 0 Å². The number of nitrogens with zero attached hydrogens (tertiary/aromatic N) is 4. The summed E-state index contributed by atoms with van der Waals surface area (Å²) >= 11 is 0. The van der Waals surface area contributed by atoms with Gasteiger partial charge in [0.05, 0.1) is 5.69 Å². The Hall–Kier alpha value is -7.15. The van der Waals surface area contributed by atoms with E-state index in [0.29, 0.717) is 11.5 Å². The van der Waals surface area contributed by atoms with Crippen LogP contribution in [0.15, 0.2) is 140 Å². The fraction of sp³-hybridized carbons (Fsp3) is 0.324. The molecular formula is C74H77BN4O3Pt-2. The summed E-state index contributed by atoms with van der Waals surface area (Å²) in [6.07, 6.45) is 9.67. The normalized spacial score (nSPS) is 13.5. The molecule has 0 fully saturated rings. The second-order valence-corrected chi connectivity index (χ2v) is 29.2. The van der Waals surface area contributed by atoms with E-state index < -0.39 is 0 Å². The van der Waals surface area contributed by atoms with Crippen molar-refractivity contribution in [2.24, 2.45) is 0 Å². The molecule has 0 radical (unpaired) electrons. The van der Waals surface area contributed by atoms with Gasteiger partial charge in [-0.2, -0.15) is 17.7 Å². The van der Waals surface area contributed by atoms with Gasteiger partial charge in [0.25, 0.3) is 13.0 Å². The Bertz CT molecular complexity index is 4100. The first-order valence-electron chi connectivity index (χ1n) is 29.1. The molecule has 83 heavy (non-hydrogen) atoms. The first-order valence-corrected chi connectivity index (χ1v) is 29.1. The van der Waals surface area contributed by atoms with Crippen LogP contribution in [0, 0.1) is 18.5 Å². The van der Waals surface area contributed by atoms with Crippen molar-refractivity contribution in [3.63, 3.8) is 0 Å². The van der Waals surface area contributed by atoms with Crippen molar-refractivity contribution in [1.29, 1.82) is 0 Å². The van der Waals surface area contributed by atoms with Gasteiger partial charge in [-0.3, -0.25) is 4.57 Å². The number of ether oxygens (including phenoxy) is 3. The first-order chi connectivity index (χ1) is 38.3. The third-order valence-corrected chi connectivity index (χ3v) is 16.7. The van der Waals surface area contributed by atoms with Crippen LogP contribution in [-0.4, -0.2) is 20.8 Å². The summed E-state index contributed by atoms with van der Waals surface area (Å²) in [4.78, 5) is 5.04. The molecule has 5 heterocycles. The number of aromatic nitrogens is 4. The Morgan fingerprint density at radius 2 is 1.04 bits per heavy atom. The van der Waals surface area contributed by atoms with Gasteiger partial charge in [-0.15, -0.1) is 29.7 Å². The Morgan fingerprint density at radius 3 is 1.60 bits per heavy atom. The van der Waals surface area contributed by atoms with Crippen LogP contribution < -0.4 is 35.2 Å². The van der Waals surface area contributed by atoms with E-state index in [9.17, 15) is 0 Å². The van der Waals surface area contributed by atoms with Crippen LogP contribution in [-0.2, 0) is 53.6 Å². The average Bonchev–Trinajstić information content (AvgIpc) is 3.09. The molecule has 2 aliphatic rings. The van der Waals surface area contributed by atoms with Crippen molar-refractivity contribution in [2.45, 2.75) is 157 Å². The standard InChI is InChI=1S/C74H77BN4O3.Pt/c1-69(2,3)47-20-25-63-59(39-47)75-60-40-48(70(4,5)6)21-26-64(60)82-66-33-46(32-65(81-63)68(66)75)45-19-24-61-58(31-45)57-23-22-55(43-62(57)79(61)67-41-49(27-28-76-67)71(7,8)9)80-56-38-52(74(16,17)18)37-54(42-56)78-30-29-77(44-78)53-35-50(72(10,11)12)34-51(36-53)73(13,14)15;/h19-41H,1-18H3;/q-2;. The molecule has 0 amide bonds. The van der Waals surface area contributed by atoms with Gasteiger partial charge in [0.1, 0.15) is 28.8 Å². The van der Waals surface area contributed by atoms with E-state index in [1.807, 2.05) is 23.0 Å². The van der Waals surface area contributed by atoms with Gasteiger partial charge in [0.15, 0.2) is 0 Å². The molecular weight excluding hydrogens is 1200 g/mol. The SMILES string of the molecule is CC(C)(C)c1cc(Oc2[c-]c3c(cc2)c2cc(-c4cc5c6c(c4)Oc4ccc(C(C)(C)C)cc4B6c4cc(C(C)(C)C)ccc4O5)ccc2n3-c2cc(C(C)(C)C)ccn2)[c-]c(-n2[c-][n+](-c3cc(C(C)(C)C)cc(C(C)(C)C)c3)cc2)c1.[Pt].